The first-order valence-corrected chi connectivity index (χ1v) is 9.54. The Morgan fingerprint density at radius 2 is 2.18 bits per heavy atom. The maximum Gasteiger partial charge on any atom is 0.403 e. The molecule has 158 valence electrons. The molecule has 0 saturated carbocycles. The van der Waals surface area contributed by atoms with Crippen molar-refractivity contribution in [3.8, 4) is 0 Å². The fourth-order valence-corrected chi connectivity index (χ4v) is 3.69. The van der Waals surface area contributed by atoms with E-state index in [1.807, 2.05) is 0 Å². The van der Waals surface area contributed by atoms with Gasteiger partial charge < -0.3 is 24.9 Å². The molecule has 2 aliphatic rings. The molecule has 0 radical (unpaired) electrons. The van der Waals surface area contributed by atoms with Gasteiger partial charge in [0.05, 0.1) is 6.42 Å². The summed E-state index contributed by atoms with van der Waals surface area (Å²) in [6, 6.07) is -1.51. The van der Waals surface area contributed by atoms with Crippen LogP contribution in [-0.2, 0) is 28.2 Å². The van der Waals surface area contributed by atoms with Gasteiger partial charge in [-0.05, 0) is 19.9 Å². The zero-order valence-electron chi connectivity index (χ0n) is 14.8. The average Bonchev–Trinajstić information content (AvgIpc) is 2.74. The van der Waals surface area contributed by atoms with Gasteiger partial charge in [0.1, 0.15) is 24.4 Å². The van der Waals surface area contributed by atoms with Crippen LogP contribution < -0.4 is 5.09 Å². The van der Waals surface area contributed by atoms with Crippen LogP contribution in [0, 0.1) is 0 Å². The number of carboxylic acids is 1. The SMILES string of the molecule is C[C@H](NP(=O)(O)OC[C@@]1(F)O[C@@H](N2C=CC(=O)CC2=O)[C@](C)(O)[C@@H]1O)C(=O)O. The number of alkyl halides is 1. The minimum atomic E-state index is -4.82. The minimum absolute atomic E-state index is 0.519. The number of carbonyl (C=O) groups is 3. The number of aliphatic carboxylic acids is 1. The first-order chi connectivity index (χ1) is 12.7. The molecule has 0 aromatic carbocycles. The maximum atomic E-state index is 15.1. The van der Waals surface area contributed by atoms with Crippen LogP contribution in [0.3, 0.4) is 0 Å². The van der Waals surface area contributed by atoms with E-state index in [4.69, 9.17) is 9.84 Å². The molecule has 2 aliphatic heterocycles. The summed E-state index contributed by atoms with van der Waals surface area (Å²) in [5.41, 5.74) is -2.38. The molecule has 1 amide bonds. The van der Waals surface area contributed by atoms with Crippen molar-refractivity contribution in [1.82, 2.24) is 9.99 Å². The van der Waals surface area contributed by atoms with Crippen LogP contribution in [0.5, 0.6) is 0 Å². The van der Waals surface area contributed by atoms with E-state index in [-0.39, 0.29) is 0 Å². The summed E-state index contributed by atoms with van der Waals surface area (Å²) in [6.45, 7) is 0.625. The van der Waals surface area contributed by atoms with Crippen molar-refractivity contribution in [2.24, 2.45) is 0 Å². The summed E-state index contributed by atoms with van der Waals surface area (Å²) in [4.78, 5) is 44.3. The Labute approximate surface area is 158 Å². The summed E-state index contributed by atoms with van der Waals surface area (Å²) >= 11 is 0. The lowest BCUT2D eigenvalue weighted by molar-refractivity contribution is -0.210. The Morgan fingerprint density at radius 3 is 2.71 bits per heavy atom. The summed E-state index contributed by atoms with van der Waals surface area (Å²) < 4.78 is 36.3. The van der Waals surface area contributed by atoms with E-state index in [9.17, 15) is 34.1 Å². The Morgan fingerprint density at radius 1 is 1.57 bits per heavy atom. The van der Waals surface area contributed by atoms with Crippen LogP contribution in [0.2, 0.25) is 0 Å². The molecule has 28 heavy (non-hydrogen) atoms. The Kier molecular flexibility index (Phi) is 6.12. The summed E-state index contributed by atoms with van der Waals surface area (Å²) in [7, 11) is -4.82. The van der Waals surface area contributed by atoms with Crippen molar-refractivity contribution in [1.29, 1.82) is 0 Å². The highest BCUT2D eigenvalue weighted by molar-refractivity contribution is 7.50. The molecule has 14 heteroatoms. The number of allylic oxidation sites excluding steroid dienone is 1. The third-order valence-corrected chi connectivity index (χ3v) is 5.41. The number of nitrogens with zero attached hydrogens (tertiary/aromatic N) is 1. The fourth-order valence-electron chi connectivity index (χ4n) is 2.66. The Bertz CT molecular complexity index is 758. The van der Waals surface area contributed by atoms with Crippen molar-refractivity contribution in [3.63, 3.8) is 0 Å². The van der Waals surface area contributed by atoms with Crippen LogP contribution in [0.25, 0.3) is 0 Å². The van der Waals surface area contributed by atoms with Gasteiger partial charge in [0.15, 0.2) is 12.0 Å². The number of aliphatic hydroxyl groups excluding tert-OH is 1. The highest BCUT2D eigenvalue weighted by Crippen LogP contribution is 2.45. The van der Waals surface area contributed by atoms with Crippen molar-refractivity contribution in [3.05, 3.63) is 12.3 Å². The molecule has 0 bridgehead atoms. The zero-order chi connectivity index (χ0) is 21.5. The molecule has 6 atom stereocenters. The molecule has 2 heterocycles. The number of hydrogen-bond acceptors (Lipinski definition) is 8. The molecule has 0 spiro atoms. The van der Waals surface area contributed by atoms with Gasteiger partial charge in [-0.3, -0.25) is 23.8 Å². The largest absolute Gasteiger partial charge is 0.480 e. The van der Waals surface area contributed by atoms with E-state index in [2.05, 4.69) is 4.52 Å². The van der Waals surface area contributed by atoms with Gasteiger partial charge >= 0.3 is 13.7 Å². The van der Waals surface area contributed by atoms with Crippen LogP contribution in [0.1, 0.15) is 20.3 Å². The molecular weight excluding hydrogens is 406 g/mol. The monoisotopic (exact) mass is 426 g/mol. The van der Waals surface area contributed by atoms with Crippen LogP contribution in [0.15, 0.2) is 12.3 Å². The van der Waals surface area contributed by atoms with Gasteiger partial charge in [-0.1, -0.05) is 0 Å². The number of aliphatic hydroxyl groups is 2. The average molecular weight is 426 g/mol. The highest BCUT2D eigenvalue weighted by atomic mass is 31.2. The summed E-state index contributed by atoms with van der Waals surface area (Å²) in [5, 5.41) is 31.0. The number of ketones is 1. The molecular formula is C14H20FN2O10P. The smallest absolute Gasteiger partial charge is 0.403 e. The number of carboxylic acid groups (broad SMARTS) is 1. The minimum Gasteiger partial charge on any atom is -0.480 e. The van der Waals surface area contributed by atoms with Gasteiger partial charge in [-0.2, -0.15) is 0 Å². The summed E-state index contributed by atoms with van der Waals surface area (Å²) in [6.07, 6.45) is -2.68. The van der Waals surface area contributed by atoms with Gasteiger partial charge in [0, 0.05) is 6.20 Å². The first-order valence-electron chi connectivity index (χ1n) is 7.97. The lowest BCUT2D eigenvalue weighted by Crippen LogP contribution is -2.54. The predicted molar refractivity (Wildman–Crippen MR) is 87.0 cm³/mol. The van der Waals surface area contributed by atoms with Crippen molar-refractivity contribution >= 4 is 25.4 Å². The number of rotatable bonds is 7. The third-order valence-electron chi connectivity index (χ3n) is 4.22. The number of halogens is 1. The van der Waals surface area contributed by atoms with E-state index in [0.717, 1.165) is 31.0 Å². The number of amides is 1. The topological polar surface area (TPSA) is 183 Å². The lowest BCUT2D eigenvalue weighted by atomic mass is 9.94. The molecule has 1 saturated heterocycles. The van der Waals surface area contributed by atoms with Crippen LogP contribution >= 0.6 is 7.75 Å². The molecule has 2 rings (SSSR count). The highest BCUT2D eigenvalue weighted by Gasteiger charge is 2.64. The van der Waals surface area contributed by atoms with E-state index >= 15 is 4.39 Å². The second-order valence-corrected chi connectivity index (χ2v) is 8.18. The van der Waals surface area contributed by atoms with E-state index in [0.29, 0.717) is 0 Å². The molecule has 0 aromatic rings. The fraction of sp³-hybridized carbons (Fsp3) is 0.643. The number of nitrogens with one attached hydrogen (secondary N) is 1. The van der Waals surface area contributed by atoms with Crippen LogP contribution in [0.4, 0.5) is 4.39 Å². The second kappa shape index (κ2) is 7.59. The predicted octanol–water partition coefficient (Wildman–Crippen LogP) is -1.38. The quantitative estimate of drug-likeness (QED) is 0.239. The normalized spacial score (nSPS) is 36.4. The van der Waals surface area contributed by atoms with E-state index in [1.54, 1.807) is 5.09 Å². The Hall–Kier alpha value is -1.73. The van der Waals surface area contributed by atoms with Crippen molar-refractivity contribution < 1.29 is 52.8 Å². The molecule has 12 nitrogen and oxygen atoms in total. The van der Waals surface area contributed by atoms with Crippen molar-refractivity contribution in [2.75, 3.05) is 6.61 Å². The number of carbonyl (C=O) groups excluding carboxylic acids is 2. The molecule has 0 aliphatic carbocycles. The molecule has 1 unspecified atom stereocenters. The first kappa shape index (κ1) is 22.6. The van der Waals surface area contributed by atoms with Gasteiger partial charge in [0.2, 0.25) is 5.91 Å². The van der Waals surface area contributed by atoms with E-state index < -0.39 is 68.3 Å². The van der Waals surface area contributed by atoms with Crippen molar-refractivity contribution in [2.45, 2.75) is 50.1 Å². The zero-order valence-corrected chi connectivity index (χ0v) is 15.7. The van der Waals surface area contributed by atoms with Gasteiger partial charge in [-0.25, -0.2) is 14.0 Å². The number of ether oxygens (including phenoxy) is 1. The molecule has 0 aromatic heterocycles. The van der Waals surface area contributed by atoms with E-state index in [1.165, 1.54) is 0 Å². The van der Waals surface area contributed by atoms with Crippen LogP contribution in [-0.4, -0.2) is 79.2 Å². The lowest BCUT2D eigenvalue weighted by Gasteiger charge is -2.34. The van der Waals surface area contributed by atoms with Gasteiger partial charge in [0.25, 0.3) is 5.85 Å². The van der Waals surface area contributed by atoms with Gasteiger partial charge in [-0.15, -0.1) is 0 Å². The third kappa shape index (κ3) is 4.46. The summed E-state index contributed by atoms with van der Waals surface area (Å²) in [5.74, 6) is -6.04. The number of hydrogen-bond donors (Lipinski definition) is 5. The standard InChI is InChI=1S/C14H20FN2O10P/c1-7(10(20)21)16-28(24,25)26-6-14(15)11(22)13(2,23)12(27-14)17-4-3-8(18)5-9(17)19/h3-4,7,11-12,22-23H,5-6H2,1-2H3,(H,20,21)(H2,16,24,25)/t7-,11-,12+,13+,14+/m0/s1. The second-order valence-electron chi connectivity index (χ2n) is 6.63. The molecule has 1 fully saturated rings. The molecule has 5 N–H and O–H groups in total. The maximum absolute atomic E-state index is 15.1. The Balaban J connectivity index is 2.16.